The Balaban J connectivity index is 0.976. The predicted octanol–water partition coefficient (Wildman–Crippen LogP) is 2.73. The number of aliphatic hydroxyl groups is 6. The van der Waals surface area contributed by atoms with Crippen molar-refractivity contribution in [1.82, 2.24) is 52.2 Å². The van der Waals surface area contributed by atoms with Crippen LogP contribution in [0.3, 0.4) is 0 Å². The number of methoxy groups -OCH3 is 1. The number of aliphatic hydroxyl groups excluding tert-OH is 6. The number of carbonyl (C=O) groups is 9. The van der Waals surface area contributed by atoms with Crippen LogP contribution in [0.5, 0.6) is 51.7 Å². The molecule has 2 saturated heterocycles. The van der Waals surface area contributed by atoms with Gasteiger partial charge in [0.15, 0.2) is 23.9 Å². The first-order valence-corrected chi connectivity index (χ1v) is 41.0. The number of benzene rings is 6. The van der Waals surface area contributed by atoms with Crippen LogP contribution in [0.4, 0.5) is 19.0 Å². The number of rotatable bonds is 24. The van der Waals surface area contributed by atoms with E-state index in [2.05, 4.69) is 57.7 Å². The van der Waals surface area contributed by atoms with E-state index in [1.54, 1.807) is 13.8 Å². The molecule has 2 fully saturated rings. The molecule has 0 aliphatic carbocycles. The van der Waals surface area contributed by atoms with E-state index in [0.29, 0.717) is 5.56 Å². The molecule has 129 heavy (non-hydrogen) atoms. The Morgan fingerprint density at radius 1 is 0.721 bits per heavy atom. The molecule has 11 bridgehead atoms. The lowest BCUT2D eigenvalue weighted by Gasteiger charge is -2.48. The highest BCUT2D eigenvalue weighted by atomic mass is 35.5. The van der Waals surface area contributed by atoms with E-state index in [-0.39, 0.29) is 74.0 Å². The zero-order valence-electron chi connectivity index (χ0n) is 69.4. The molecule has 6 aromatic carbocycles. The number of phenolic OH excluding ortho intramolecular Hbond substituents is 3. The highest BCUT2D eigenvalue weighted by Gasteiger charge is 2.53. The Kier molecular flexibility index (Phi) is 30.3. The largest absolute Gasteiger partial charge is 0.573 e. The van der Waals surface area contributed by atoms with E-state index in [1.807, 2.05) is 13.8 Å². The zero-order chi connectivity index (χ0) is 93.5. The highest BCUT2D eigenvalue weighted by molar-refractivity contribution is 6.32. The lowest BCUT2D eigenvalue weighted by Crippen LogP contribution is -2.65. The molecule has 7 aromatic rings. The van der Waals surface area contributed by atoms with Gasteiger partial charge in [0.1, 0.15) is 107 Å². The van der Waals surface area contributed by atoms with Crippen molar-refractivity contribution in [3.8, 4) is 62.9 Å². The topological polar surface area (TPSA) is 588 Å². The van der Waals surface area contributed by atoms with Crippen LogP contribution in [0.25, 0.3) is 11.1 Å². The average molecular weight is 1850 g/mol. The Morgan fingerprint density at radius 2 is 1.36 bits per heavy atom. The van der Waals surface area contributed by atoms with Crippen LogP contribution in [0.2, 0.25) is 10.0 Å². The molecule has 18 atom stereocenters. The summed E-state index contributed by atoms with van der Waals surface area (Å²) < 4.78 is 87.6. The minimum Gasteiger partial charge on any atom is -0.508 e. The highest BCUT2D eigenvalue weighted by Crippen LogP contribution is 2.50. The molecule has 0 saturated carbocycles. The molecular weight excluding hydrogens is 1750 g/mol. The van der Waals surface area contributed by atoms with Gasteiger partial charge in [-0.25, -0.2) is 10.3 Å². The Labute approximate surface area is 741 Å². The summed E-state index contributed by atoms with van der Waals surface area (Å²) in [5.74, 6) is -17.8. The third-order valence-corrected chi connectivity index (χ3v) is 22.3. The predicted molar refractivity (Wildman–Crippen MR) is 442 cm³/mol. The Hall–Kier alpha value is -12.1. The average Bonchev–Trinajstić information content (AvgIpc) is 0.759. The van der Waals surface area contributed by atoms with Gasteiger partial charge in [-0.3, -0.25) is 52.6 Å². The number of hydrogen-bond acceptors (Lipinski definition) is 30. The number of hydrogen-bond donors (Lipinski definition) is 19. The van der Waals surface area contributed by atoms with E-state index in [4.69, 9.17) is 66.9 Å². The molecule has 7 aliphatic heterocycles. The van der Waals surface area contributed by atoms with Gasteiger partial charge in [-0.2, -0.15) is 4.98 Å². The first kappa shape index (κ1) is 96.0. The van der Waals surface area contributed by atoms with Crippen LogP contribution in [0.1, 0.15) is 118 Å². The maximum Gasteiger partial charge on any atom is 0.573 e. The summed E-state index contributed by atoms with van der Waals surface area (Å²) in [6, 6.07) is 6.11. The first-order chi connectivity index (χ1) is 61.1. The lowest BCUT2D eigenvalue weighted by atomic mass is 9.85. The molecule has 40 nitrogen and oxygen atoms in total. The van der Waals surface area contributed by atoms with E-state index in [1.165, 1.54) is 44.5 Å². The Morgan fingerprint density at radius 3 is 1.99 bits per heavy atom. The molecule has 45 heteroatoms. The third-order valence-electron chi connectivity index (χ3n) is 21.8. The maximum atomic E-state index is 16.3. The van der Waals surface area contributed by atoms with Crippen molar-refractivity contribution in [3.63, 3.8) is 0 Å². The number of aromatic nitrogens is 2. The van der Waals surface area contributed by atoms with Crippen LogP contribution >= 0.6 is 23.2 Å². The second kappa shape index (κ2) is 40.7. The van der Waals surface area contributed by atoms with E-state index in [0.717, 1.165) is 89.5 Å². The number of aromatic hydroxyl groups is 3. The number of nitrogens with two attached hydrogens (primary N) is 1. The number of nitrogens with zero attached hydrogens (tertiary/aromatic N) is 2. The van der Waals surface area contributed by atoms with Gasteiger partial charge in [0.2, 0.25) is 59.3 Å². The third kappa shape index (κ3) is 22.8. The number of primary amides is 1. The van der Waals surface area contributed by atoms with Crippen molar-refractivity contribution in [3.05, 3.63) is 169 Å². The van der Waals surface area contributed by atoms with Crippen LogP contribution in [-0.2, 0) is 79.9 Å². The van der Waals surface area contributed by atoms with Gasteiger partial charge in [-0.05, 0) is 132 Å². The standard InChI is InChI=1S/C84H93Cl2F3N12O28/c1-35(2)23-36(3)74(113)98-65-67(108)40-10-15-52(47(85)26-40)124-54-28-42-29-55(71(54)128-81-72(70(111)69(110)56(34-102)126-81)127-60-33-83(5,73(112)37(4)123-60)91-18-20-101-19-17-58(94-82(101)120)93-59(107)24-38-7-12-44(13-8-38)129-84(87,88)89)125-53-16-11-41(27-48(53)86)68(109)66-79(118)97-64(80(119)100-122-22-21-121-6)46-30-43(103)31-51(105)61(46)45-25-39(9-14-50(45)104)62(76(115)99-66)96-77(116)63(42)95-75(114)49(32-57(90)106)92-78(65)117/h7-17,19,25-31,35-37,49,56,60,62-70,72-73,81,91,102-105,108-112H,18,20-24,32-34H2,1-6H3,(H2,90,106)(H,92,117)(H,95,114)(H,96,116)(H,97,118)(H,98,113)(H,99,115)(H,100,119)(H,93,94,107,120)/t36-,37+,49+,56-,60+,62-,63-,64-,65-,66+,67-,68-,69-,70+,72-,73-,81+,83+/m1/s1. The van der Waals surface area contributed by atoms with Crippen LogP contribution < -0.4 is 78.4 Å². The number of amides is 9. The number of anilines is 1. The molecular formula is C84H93Cl2F3N12O28. The summed E-state index contributed by atoms with van der Waals surface area (Å²) in [5, 5.41) is 126. The molecule has 14 rings (SSSR count). The fraction of sp³-hybridized carbons (Fsp3) is 0.417. The minimum absolute atomic E-state index is 0.0788. The molecule has 1 aromatic heterocycles. The number of carbonyl (C=O) groups excluding carboxylic acids is 9. The van der Waals surface area contributed by atoms with Crippen molar-refractivity contribution < 1.29 is 145 Å². The van der Waals surface area contributed by atoms with Crippen molar-refractivity contribution in [2.75, 3.05) is 38.8 Å². The van der Waals surface area contributed by atoms with Crippen molar-refractivity contribution in [2.45, 2.75) is 176 Å². The number of fused-ring (bicyclic) bond motifs is 15. The van der Waals surface area contributed by atoms with Gasteiger partial charge in [0, 0.05) is 61.5 Å². The van der Waals surface area contributed by atoms with Gasteiger partial charge >= 0.3 is 12.1 Å². The smallest absolute Gasteiger partial charge is 0.508 e. The number of hydroxylamine groups is 1. The van der Waals surface area contributed by atoms with Crippen LogP contribution in [0.15, 0.2) is 120 Å². The molecule has 7 aliphatic rings. The Bertz CT molecular complexity index is 5450. The van der Waals surface area contributed by atoms with Gasteiger partial charge < -0.3 is 132 Å². The number of halogens is 5. The van der Waals surface area contributed by atoms with E-state index < -0.39 is 271 Å². The number of nitrogens with one attached hydrogen (secondary N) is 9. The maximum absolute atomic E-state index is 16.3. The summed E-state index contributed by atoms with van der Waals surface area (Å²) in [7, 11) is 1.33. The molecule has 692 valence electrons. The summed E-state index contributed by atoms with van der Waals surface area (Å²) in [6.45, 7) is 6.56. The second-order valence-electron chi connectivity index (χ2n) is 31.8. The fourth-order valence-corrected chi connectivity index (χ4v) is 15.8. The van der Waals surface area contributed by atoms with Gasteiger partial charge in [-0.1, -0.05) is 74.3 Å². The summed E-state index contributed by atoms with van der Waals surface area (Å²) in [5.41, 5.74) is 3.13. The SMILES string of the molecule is COCCONC(=O)[C@@H]1NC(=O)[C@H]2NC(=O)[C@H](NC(=O)[C@@H]3NC(=O)[C@H](CC(N)=O)NC(=O)[C@H](NC(=O)[C@H](C)CC(C)C)[C@H](O)c4ccc(c(Cl)c4)Oc4cc3cc(c4O[C@@H]3O[C@H](CO)[C@@H](O)[C@H](O)[C@H]3O[C@H]3C[C@](C)(NCCn4ccc(NC(=O)Cc5ccc(OC(F)(F)F)cc5)nc4=O)[C@H](O)[C@H](C)O3)Oc3ccc(cc3Cl)[C@H]2O)c2ccc(O)c(c2)-c2c(O)cc(O)cc21. The summed E-state index contributed by atoms with van der Waals surface area (Å²) in [4.78, 5) is 155. The zero-order valence-corrected chi connectivity index (χ0v) is 70.9. The van der Waals surface area contributed by atoms with E-state index >= 15 is 19.2 Å². The summed E-state index contributed by atoms with van der Waals surface area (Å²) >= 11 is 14.3. The van der Waals surface area contributed by atoms with Crippen molar-refractivity contribution >= 4 is 82.2 Å². The van der Waals surface area contributed by atoms with Gasteiger partial charge in [0.05, 0.1) is 54.9 Å². The molecule has 0 unspecified atom stereocenters. The summed E-state index contributed by atoms with van der Waals surface area (Å²) in [6.07, 6.45) is -23.8. The fourth-order valence-electron chi connectivity index (χ4n) is 15.3. The molecule has 9 amide bonds. The second-order valence-corrected chi connectivity index (χ2v) is 32.6. The minimum atomic E-state index is -4.94. The normalized spacial score (nSPS) is 25.6. The number of phenols is 3. The first-order valence-electron chi connectivity index (χ1n) is 40.2. The molecule has 0 spiro atoms. The number of alkyl halides is 3. The van der Waals surface area contributed by atoms with E-state index in [9.17, 15) is 87.9 Å². The quantitative estimate of drug-likeness (QED) is 0.0305. The monoisotopic (exact) mass is 1840 g/mol. The van der Waals surface area contributed by atoms with Gasteiger partial charge in [0.25, 0.3) is 5.91 Å². The molecule has 20 N–H and O–H groups in total. The van der Waals surface area contributed by atoms with Gasteiger partial charge in [-0.15, -0.1) is 13.2 Å². The number of ether oxygens (including phenoxy) is 8. The lowest BCUT2D eigenvalue weighted by molar-refractivity contribution is -0.334. The van der Waals surface area contributed by atoms with Crippen LogP contribution in [0, 0.1) is 11.8 Å². The molecule has 8 heterocycles. The molecule has 0 radical (unpaired) electrons. The van der Waals surface area contributed by atoms with Crippen molar-refractivity contribution in [2.24, 2.45) is 17.6 Å². The van der Waals surface area contributed by atoms with Crippen molar-refractivity contribution in [1.29, 1.82) is 0 Å². The van der Waals surface area contributed by atoms with Crippen LogP contribution in [-0.4, -0.2) is 221 Å².